The first-order chi connectivity index (χ1) is 14.0. The van der Waals surface area contributed by atoms with Crippen LogP contribution in [-0.4, -0.2) is 47.8 Å². The average Bonchev–Trinajstić information content (AvgIpc) is 2.72. The summed E-state index contributed by atoms with van der Waals surface area (Å²) >= 11 is 7.36. The van der Waals surface area contributed by atoms with Gasteiger partial charge in [-0.3, -0.25) is 14.5 Å². The maximum atomic E-state index is 12.8. The number of nitrogens with zero attached hydrogens (tertiary/aromatic N) is 2. The highest BCUT2D eigenvalue weighted by Gasteiger charge is 2.35. The van der Waals surface area contributed by atoms with E-state index in [9.17, 15) is 9.59 Å². The molecule has 6 nitrogen and oxygen atoms in total. The van der Waals surface area contributed by atoms with E-state index >= 15 is 0 Å². The number of carbonyl (C=O) groups is 2. The van der Waals surface area contributed by atoms with E-state index in [1.54, 1.807) is 37.3 Å². The largest absolute Gasteiger partial charge is 0.497 e. The number of rotatable bonds is 6. The molecule has 8 heteroatoms. The summed E-state index contributed by atoms with van der Waals surface area (Å²) in [4.78, 5) is 31.2. The molecule has 29 heavy (non-hydrogen) atoms. The van der Waals surface area contributed by atoms with Crippen molar-refractivity contribution < 1.29 is 14.3 Å². The Morgan fingerprint density at radius 2 is 2.07 bits per heavy atom. The maximum absolute atomic E-state index is 12.8. The first-order valence-corrected chi connectivity index (χ1v) is 10.4. The van der Waals surface area contributed by atoms with Crippen LogP contribution in [0.4, 0.5) is 5.69 Å². The zero-order chi connectivity index (χ0) is 20.8. The Kier molecular flexibility index (Phi) is 7.17. The molecule has 1 aliphatic heterocycles. The smallest absolute Gasteiger partial charge is 0.233 e. The van der Waals surface area contributed by atoms with Gasteiger partial charge in [0.1, 0.15) is 5.75 Å². The van der Waals surface area contributed by atoms with Crippen LogP contribution in [0.15, 0.2) is 53.5 Å². The van der Waals surface area contributed by atoms with Crippen LogP contribution in [-0.2, 0) is 16.0 Å². The average molecular weight is 432 g/mol. The summed E-state index contributed by atoms with van der Waals surface area (Å²) in [5, 5.41) is 3.18. The molecule has 152 valence electrons. The zero-order valence-corrected chi connectivity index (χ0v) is 17.8. The van der Waals surface area contributed by atoms with Crippen LogP contribution in [0, 0.1) is 0 Å². The lowest BCUT2D eigenvalue weighted by Gasteiger charge is -2.31. The molecule has 1 unspecified atom stereocenters. The van der Waals surface area contributed by atoms with Gasteiger partial charge in [0.15, 0.2) is 5.17 Å². The number of ether oxygens (including phenoxy) is 1. The molecule has 1 heterocycles. The van der Waals surface area contributed by atoms with Crippen LogP contribution in [0.3, 0.4) is 0 Å². The predicted molar refractivity (Wildman–Crippen MR) is 117 cm³/mol. The molecule has 0 aliphatic carbocycles. The first-order valence-electron chi connectivity index (χ1n) is 9.16. The minimum absolute atomic E-state index is 0.119. The summed E-state index contributed by atoms with van der Waals surface area (Å²) < 4.78 is 5.18. The van der Waals surface area contributed by atoms with E-state index in [-0.39, 0.29) is 18.2 Å². The molecular formula is C21H22ClN3O3S. The van der Waals surface area contributed by atoms with Gasteiger partial charge in [-0.25, -0.2) is 4.99 Å². The fourth-order valence-corrected chi connectivity index (χ4v) is 4.28. The number of aliphatic imine (C=N–C) groups is 1. The van der Waals surface area contributed by atoms with Gasteiger partial charge in [-0.2, -0.15) is 0 Å². The molecule has 0 saturated carbocycles. The molecule has 0 bridgehead atoms. The van der Waals surface area contributed by atoms with Gasteiger partial charge < -0.3 is 10.1 Å². The van der Waals surface area contributed by atoms with Gasteiger partial charge in [-0.15, -0.1) is 0 Å². The lowest BCUT2D eigenvalue weighted by atomic mass is 10.1. The van der Waals surface area contributed by atoms with E-state index in [2.05, 4.69) is 10.3 Å². The fourth-order valence-electron chi connectivity index (χ4n) is 2.91. The number of amidine groups is 1. The Labute approximate surface area is 179 Å². The van der Waals surface area contributed by atoms with E-state index in [1.165, 1.54) is 11.8 Å². The van der Waals surface area contributed by atoms with Crippen LogP contribution in [0.5, 0.6) is 5.75 Å². The number of methoxy groups -OCH3 is 1. The summed E-state index contributed by atoms with van der Waals surface area (Å²) in [7, 11) is 3.19. The maximum Gasteiger partial charge on any atom is 0.233 e. The van der Waals surface area contributed by atoms with Crippen LogP contribution >= 0.6 is 23.4 Å². The highest BCUT2D eigenvalue weighted by Crippen LogP contribution is 2.30. The summed E-state index contributed by atoms with van der Waals surface area (Å²) in [6, 6.07) is 14.8. The second kappa shape index (κ2) is 9.80. The Bertz CT molecular complexity index is 918. The summed E-state index contributed by atoms with van der Waals surface area (Å²) in [5.74, 6) is 0.485. The molecule has 0 aromatic heterocycles. The number of carbonyl (C=O) groups excluding carboxylic acids is 2. The van der Waals surface area contributed by atoms with Crippen molar-refractivity contribution in [2.24, 2.45) is 4.99 Å². The predicted octanol–water partition coefficient (Wildman–Crippen LogP) is 3.66. The zero-order valence-electron chi connectivity index (χ0n) is 16.2. The summed E-state index contributed by atoms with van der Waals surface area (Å²) in [6.45, 7) is 0.470. The standard InChI is InChI=1S/C21H22ClN3O3S/c1-23-20(27)18-13-19(26)25(11-10-14-6-8-17(28-2)9-7-14)21(29-18)24-16-5-3-4-15(22)12-16/h3-9,12,18H,10-11,13H2,1-2H3,(H,23,27). The molecule has 1 atom stereocenters. The van der Waals surface area contributed by atoms with E-state index in [0.29, 0.717) is 28.8 Å². The van der Waals surface area contributed by atoms with Crippen LogP contribution in [0.1, 0.15) is 12.0 Å². The van der Waals surface area contributed by atoms with E-state index < -0.39 is 5.25 Å². The molecule has 1 aliphatic rings. The van der Waals surface area contributed by atoms with Gasteiger partial charge >= 0.3 is 0 Å². The van der Waals surface area contributed by atoms with Crippen molar-refractivity contribution >= 4 is 46.0 Å². The molecule has 1 fully saturated rings. The lowest BCUT2D eigenvalue weighted by Crippen LogP contribution is -2.46. The summed E-state index contributed by atoms with van der Waals surface area (Å²) in [5.41, 5.74) is 1.72. The molecule has 0 radical (unpaired) electrons. The topological polar surface area (TPSA) is 71.0 Å². The highest BCUT2D eigenvalue weighted by atomic mass is 35.5. The molecule has 2 aromatic rings. The number of nitrogens with one attached hydrogen (secondary N) is 1. The third-order valence-corrected chi connectivity index (χ3v) is 5.92. The van der Waals surface area contributed by atoms with Crippen LogP contribution < -0.4 is 10.1 Å². The third-order valence-electron chi connectivity index (χ3n) is 4.49. The van der Waals surface area contributed by atoms with Crippen LogP contribution in [0.2, 0.25) is 5.02 Å². The van der Waals surface area contributed by atoms with Crippen molar-refractivity contribution in [3.05, 3.63) is 59.1 Å². The lowest BCUT2D eigenvalue weighted by molar-refractivity contribution is -0.130. The van der Waals surface area contributed by atoms with Crippen molar-refractivity contribution in [1.82, 2.24) is 10.2 Å². The van der Waals surface area contributed by atoms with E-state index in [0.717, 1.165) is 11.3 Å². The van der Waals surface area contributed by atoms with Crippen molar-refractivity contribution in [1.29, 1.82) is 0 Å². The van der Waals surface area contributed by atoms with Gasteiger partial charge in [0.25, 0.3) is 0 Å². The molecule has 3 rings (SSSR count). The van der Waals surface area contributed by atoms with Gasteiger partial charge in [0.2, 0.25) is 11.8 Å². The van der Waals surface area contributed by atoms with Gasteiger partial charge in [0, 0.05) is 25.0 Å². The van der Waals surface area contributed by atoms with Crippen molar-refractivity contribution in [2.45, 2.75) is 18.1 Å². The Morgan fingerprint density at radius 1 is 1.31 bits per heavy atom. The number of benzene rings is 2. The Hall–Kier alpha value is -2.51. The normalized spacial score (nSPS) is 18.0. The monoisotopic (exact) mass is 431 g/mol. The van der Waals surface area contributed by atoms with Crippen molar-refractivity contribution in [3.8, 4) is 5.75 Å². The number of hydrogen-bond acceptors (Lipinski definition) is 5. The first kappa shape index (κ1) is 21.2. The van der Waals surface area contributed by atoms with Gasteiger partial charge in [-0.05, 0) is 42.3 Å². The van der Waals surface area contributed by atoms with Gasteiger partial charge in [0.05, 0.1) is 18.0 Å². The second-order valence-corrected chi connectivity index (χ2v) is 8.05. The molecule has 1 saturated heterocycles. The fraction of sp³-hybridized carbons (Fsp3) is 0.286. The molecule has 2 aromatic carbocycles. The molecule has 2 amide bonds. The van der Waals surface area contributed by atoms with Crippen molar-refractivity contribution in [3.63, 3.8) is 0 Å². The Balaban J connectivity index is 1.83. The number of thioether (sulfide) groups is 1. The van der Waals surface area contributed by atoms with Gasteiger partial charge in [-0.1, -0.05) is 41.6 Å². The third kappa shape index (κ3) is 5.52. The second-order valence-electron chi connectivity index (χ2n) is 6.44. The minimum atomic E-state index is -0.498. The molecular weight excluding hydrogens is 410 g/mol. The Morgan fingerprint density at radius 3 is 2.72 bits per heavy atom. The van der Waals surface area contributed by atoms with Crippen LogP contribution in [0.25, 0.3) is 0 Å². The number of halogens is 1. The SMILES string of the molecule is CNC(=O)C1CC(=O)N(CCc2ccc(OC)cc2)C(=Nc2cccc(Cl)c2)S1. The highest BCUT2D eigenvalue weighted by molar-refractivity contribution is 8.15. The number of amides is 2. The van der Waals surface area contributed by atoms with E-state index in [1.807, 2.05) is 30.3 Å². The summed E-state index contributed by atoms with van der Waals surface area (Å²) in [6.07, 6.45) is 0.803. The molecule has 0 spiro atoms. The molecule has 1 N–H and O–H groups in total. The number of hydrogen-bond donors (Lipinski definition) is 1. The minimum Gasteiger partial charge on any atom is -0.497 e. The quantitative estimate of drug-likeness (QED) is 0.757. The van der Waals surface area contributed by atoms with Crippen molar-refractivity contribution in [2.75, 3.05) is 20.7 Å². The van der Waals surface area contributed by atoms with E-state index in [4.69, 9.17) is 16.3 Å².